The summed E-state index contributed by atoms with van der Waals surface area (Å²) in [4.78, 5) is 2.51. The zero-order valence-electron chi connectivity index (χ0n) is 15.5. The molecule has 5 heteroatoms. The summed E-state index contributed by atoms with van der Waals surface area (Å²) < 4.78 is 1.73. The molecule has 1 aliphatic rings. The standard InChI is InChI=1S/C20H30N4O/c1-16-9-19(14-24(11-16)12-17-7-5-4-6-8-17)21-15-20(2,25)18-10-22-23(3)13-18/h4-8,10,13,16,19,21,25H,9,11-12,14-15H2,1-3H3. The summed E-state index contributed by atoms with van der Waals surface area (Å²) in [5, 5.41) is 18.5. The van der Waals surface area contributed by atoms with Gasteiger partial charge in [-0.25, -0.2) is 0 Å². The fraction of sp³-hybridized carbons (Fsp3) is 0.550. The zero-order valence-corrected chi connectivity index (χ0v) is 15.5. The van der Waals surface area contributed by atoms with E-state index in [2.05, 4.69) is 52.6 Å². The van der Waals surface area contributed by atoms with Gasteiger partial charge in [0.1, 0.15) is 5.60 Å². The van der Waals surface area contributed by atoms with Crippen LogP contribution in [0.2, 0.25) is 0 Å². The first-order valence-corrected chi connectivity index (χ1v) is 9.13. The summed E-state index contributed by atoms with van der Waals surface area (Å²) in [6, 6.07) is 11.0. The van der Waals surface area contributed by atoms with E-state index in [0.717, 1.165) is 31.6 Å². The van der Waals surface area contributed by atoms with E-state index in [9.17, 15) is 5.11 Å². The highest BCUT2D eigenvalue weighted by Crippen LogP contribution is 2.22. The lowest BCUT2D eigenvalue weighted by atomic mass is 9.93. The van der Waals surface area contributed by atoms with Crippen LogP contribution in [-0.4, -0.2) is 45.5 Å². The summed E-state index contributed by atoms with van der Waals surface area (Å²) in [7, 11) is 1.87. The SMILES string of the molecule is CC1CC(NCC(C)(O)c2cnn(C)c2)CN(Cc2ccccc2)C1. The van der Waals surface area contributed by atoms with Gasteiger partial charge in [0.25, 0.3) is 0 Å². The monoisotopic (exact) mass is 342 g/mol. The maximum Gasteiger partial charge on any atom is 0.102 e. The van der Waals surface area contributed by atoms with Crippen molar-refractivity contribution in [3.63, 3.8) is 0 Å². The molecule has 1 saturated heterocycles. The van der Waals surface area contributed by atoms with Gasteiger partial charge in [0.2, 0.25) is 0 Å². The van der Waals surface area contributed by atoms with Crippen LogP contribution in [0.4, 0.5) is 0 Å². The molecule has 5 nitrogen and oxygen atoms in total. The molecule has 3 atom stereocenters. The molecule has 0 radical (unpaired) electrons. The molecule has 0 amide bonds. The third-order valence-corrected chi connectivity index (χ3v) is 5.05. The van der Waals surface area contributed by atoms with Crippen molar-refractivity contribution in [2.75, 3.05) is 19.6 Å². The predicted octanol–water partition coefficient (Wildman–Crippen LogP) is 2.13. The van der Waals surface area contributed by atoms with Crippen molar-refractivity contribution in [2.45, 2.75) is 38.5 Å². The molecule has 2 N–H and O–H groups in total. The number of piperidine rings is 1. The minimum absolute atomic E-state index is 0.399. The summed E-state index contributed by atoms with van der Waals surface area (Å²) in [5.74, 6) is 0.651. The van der Waals surface area contributed by atoms with Crippen LogP contribution in [0.3, 0.4) is 0 Å². The molecule has 2 aromatic rings. The van der Waals surface area contributed by atoms with E-state index in [4.69, 9.17) is 0 Å². The average molecular weight is 342 g/mol. The number of benzene rings is 1. The molecule has 136 valence electrons. The number of likely N-dealkylation sites (tertiary alicyclic amines) is 1. The fourth-order valence-corrected chi connectivity index (χ4v) is 3.72. The lowest BCUT2D eigenvalue weighted by molar-refractivity contribution is 0.0457. The van der Waals surface area contributed by atoms with E-state index in [-0.39, 0.29) is 0 Å². The van der Waals surface area contributed by atoms with E-state index in [1.54, 1.807) is 10.9 Å². The van der Waals surface area contributed by atoms with Crippen molar-refractivity contribution in [1.82, 2.24) is 20.0 Å². The molecule has 1 fully saturated rings. The fourth-order valence-electron chi connectivity index (χ4n) is 3.72. The third-order valence-electron chi connectivity index (χ3n) is 5.05. The molecule has 0 aliphatic carbocycles. The predicted molar refractivity (Wildman–Crippen MR) is 100 cm³/mol. The summed E-state index contributed by atoms with van der Waals surface area (Å²) in [6.07, 6.45) is 4.77. The van der Waals surface area contributed by atoms with Crippen molar-refractivity contribution in [2.24, 2.45) is 13.0 Å². The van der Waals surface area contributed by atoms with E-state index in [0.29, 0.717) is 18.5 Å². The van der Waals surface area contributed by atoms with Crippen LogP contribution in [0.25, 0.3) is 0 Å². The second kappa shape index (κ2) is 7.68. The van der Waals surface area contributed by atoms with Crippen molar-refractivity contribution < 1.29 is 5.11 Å². The normalized spacial score (nSPS) is 24.2. The third kappa shape index (κ3) is 4.91. The Hall–Kier alpha value is -1.69. The number of hydrogen-bond donors (Lipinski definition) is 2. The summed E-state index contributed by atoms with van der Waals surface area (Å²) in [5.41, 5.74) is 1.31. The lowest BCUT2D eigenvalue weighted by Gasteiger charge is -2.38. The maximum absolute atomic E-state index is 10.8. The van der Waals surface area contributed by atoms with E-state index < -0.39 is 5.60 Å². The van der Waals surface area contributed by atoms with Gasteiger partial charge in [0.05, 0.1) is 6.20 Å². The Balaban J connectivity index is 1.56. The number of nitrogens with zero attached hydrogens (tertiary/aromatic N) is 3. The first-order valence-electron chi connectivity index (χ1n) is 9.13. The van der Waals surface area contributed by atoms with Crippen LogP contribution in [0, 0.1) is 5.92 Å². The Morgan fingerprint density at radius 1 is 1.28 bits per heavy atom. The van der Waals surface area contributed by atoms with E-state index >= 15 is 0 Å². The number of rotatable bonds is 6. The van der Waals surface area contributed by atoms with E-state index in [1.165, 1.54) is 5.56 Å². The number of aliphatic hydroxyl groups is 1. The maximum atomic E-state index is 10.8. The number of aromatic nitrogens is 2. The molecule has 2 heterocycles. The molecule has 3 rings (SSSR count). The molecule has 1 aromatic heterocycles. The molecule has 25 heavy (non-hydrogen) atoms. The molecule has 0 spiro atoms. The van der Waals surface area contributed by atoms with Crippen molar-refractivity contribution >= 4 is 0 Å². The van der Waals surface area contributed by atoms with Crippen LogP contribution < -0.4 is 5.32 Å². The lowest BCUT2D eigenvalue weighted by Crippen LogP contribution is -2.51. The highest BCUT2D eigenvalue weighted by molar-refractivity contribution is 5.15. The Kier molecular flexibility index (Phi) is 5.57. The quantitative estimate of drug-likeness (QED) is 0.844. The highest BCUT2D eigenvalue weighted by atomic mass is 16.3. The molecule has 0 bridgehead atoms. The second-order valence-electron chi connectivity index (χ2n) is 7.77. The van der Waals surface area contributed by atoms with Gasteiger partial charge in [-0.1, -0.05) is 37.3 Å². The van der Waals surface area contributed by atoms with Crippen LogP contribution in [0.15, 0.2) is 42.7 Å². The topological polar surface area (TPSA) is 53.3 Å². The molecular weight excluding hydrogens is 312 g/mol. The van der Waals surface area contributed by atoms with Gasteiger partial charge in [-0.3, -0.25) is 9.58 Å². The van der Waals surface area contributed by atoms with Gasteiger partial charge in [-0.2, -0.15) is 5.10 Å². The molecule has 1 aliphatic heterocycles. The Morgan fingerprint density at radius 2 is 2.04 bits per heavy atom. The minimum Gasteiger partial charge on any atom is -0.384 e. The van der Waals surface area contributed by atoms with Crippen molar-refractivity contribution in [3.05, 3.63) is 53.9 Å². The minimum atomic E-state index is -0.904. The van der Waals surface area contributed by atoms with Crippen LogP contribution >= 0.6 is 0 Å². The molecule has 3 unspecified atom stereocenters. The van der Waals surface area contributed by atoms with Crippen molar-refractivity contribution in [1.29, 1.82) is 0 Å². The Bertz CT molecular complexity index is 667. The van der Waals surface area contributed by atoms with Gasteiger partial charge in [-0.15, -0.1) is 0 Å². The van der Waals surface area contributed by atoms with Gasteiger partial charge in [0.15, 0.2) is 0 Å². The van der Waals surface area contributed by atoms with Crippen LogP contribution in [0.5, 0.6) is 0 Å². The van der Waals surface area contributed by atoms with Gasteiger partial charge in [-0.05, 0) is 24.8 Å². The summed E-state index contributed by atoms with van der Waals surface area (Å²) >= 11 is 0. The summed E-state index contributed by atoms with van der Waals surface area (Å²) in [6.45, 7) is 7.84. The number of hydrogen-bond acceptors (Lipinski definition) is 4. The first-order chi connectivity index (χ1) is 11.9. The highest BCUT2D eigenvalue weighted by Gasteiger charge is 2.29. The largest absolute Gasteiger partial charge is 0.384 e. The molecular formula is C20H30N4O. The van der Waals surface area contributed by atoms with Crippen molar-refractivity contribution in [3.8, 4) is 0 Å². The van der Waals surface area contributed by atoms with Crippen LogP contribution in [0.1, 0.15) is 31.4 Å². The van der Waals surface area contributed by atoms with Gasteiger partial charge >= 0.3 is 0 Å². The zero-order chi connectivity index (χ0) is 17.9. The number of aryl methyl sites for hydroxylation is 1. The average Bonchev–Trinajstić information content (AvgIpc) is 3.01. The second-order valence-corrected chi connectivity index (χ2v) is 7.77. The number of nitrogens with one attached hydrogen (secondary N) is 1. The van der Waals surface area contributed by atoms with Crippen LogP contribution in [-0.2, 0) is 19.2 Å². The van der Waals surface area contributed by atoms with Gasteiger partial charge < -0.3 is 10.4 Å². The first kappa shape index (κ1) is 18.1. The molecule has 1 aromatic carbocycles. The smallest absolute Gasteiger partial charge is 0.102 e. The van der Waals surface area contributed by atoms with Gasteiger partial charge in [0, 0.05) is 51.0 Å². The Morgan fingerprint density at radius 3 is 2.72 bits per heavy atom. The Labute approximate surface area is 150 Å². The van der Waals surface area contributed by atoms with E-state index in [1.807, 2.05) is 20.2 Å². The molecule has 0 saturated carbocycles.